The zero-order valence-electron chi connectivity index (χ0n) is 14.7. The Morgan fingerprint density at radius 2 is 2.19 bits per heavy atom. The normalized spacial score (nSPS) is 17.3. The predicted molar refractivity (Wildman–Crippen MR) is 104 cm³/mol. The highest BCUT2D eigenvalue weighted by molar-refractivity contribution is 7.19. The van der Waals surface area contributed by atoms with Gasteiger partial charge in [0.1, 0.15) is 11.2 Å². The van der Waals surface area contributed by atoms with Crippen molar-refractivity contribution in [2.24, 2.45) is 5.92 Å². The van der Waals surface area contributed by atoms with Crippen LogP contribution in [0.15, 0.2) is 12.5 Å². The number of nitrogens with zero attached hydrogens (tertiary/aromatic N) is 6. The van der Waals surface area contributed by atoms with Gasteiger partial charge >= 0.3 is 0 Å². The second-order valence-corrected chi connectivity index (χ2v) is 8.32. The van der Waals surface area contributed by atoms with Crippen molar-refractivity contribution in [3.8, 4) is 11.5 Å². The van der Waals surface area contributed by atoms with Gasteiger partial charge in [0.2, 0.25) is 5.82 Å². The Hall–Kier alpha value is -1.99. The summed E-state index contributed by atoms with van der Waals surface area (Å²) in [6.07, 6.45) is 8.30. The van der Waals surface area contributed by atoms with E-state index in [1.54, 1.807) is 15.5 Å². The Morgan fingerprint density at radius 3 is 2.96 bits per heavy atom. The summed E-state index contributed by atoms with van der Waals surface area (Å²) in [6.45, 7) is 5.07. The van der Waals surface area contributed by atoms with E-state index in [0.29, 0.717) is 16.5 Å². The van der Waals surface area contributed by atoms with Crippen molar-refractivity contribution in [1.29, 1.82) is 0 Å². The van der Waals surface area contributed by atoms with Gasteiger partial charge < -0.3 is 0 Å². The third-order valence-corrected chi connectivity index (χ3v) is 6.76. The van der Waals surface area contributed by atoms with Gasteiger partial charge in [-0.1, -0.05) is 24.9 Å². The number of hydrogen-bond donors (Lipinski definition) is 0. The first-order chi connectivity index (χ1) is 12.7. The summed E-state index contributed by atoms with van der Waals surface area (Å²) in [5, 5.41) is 10.8. The molecule has 0 bridgehead atoms. The Bertz CT molecular complexity index is 1120. The minimum atomic E-state index is 0.554. The molecule has 0 spiro atoms. The summed E-state index contributed by atoms with van der Waals surface area (Å²) in [7, 11) is 0. The summed E-state index contributed by atoms with van der Waals surface area (Å²) in [6, 6.07) is 0. The summed E-state index contributed by atoms with van der Waals surface area (Å²) < 4.78 is 3.56. The summed E-state index contributed by atoms with van der Waals surface area (Å²) in [5.74, 6) is 1.34. The van der Waals surface area contributed by atoms with Crippen molar-refractivity contribution in [2.45, 2.75) is 46.1 Å². The van der Waals surface area contributed by atoms with Crippen molar-refractivity contribution in [1.82, 2.24) is 29.4 Å². The number of aryl methyl sites for hydroxylation is 2. The number of fused-ring (bicyclic) bond motifs is 5. The molecule has 0 fully saturated rings. The molecule has 8 heteroatoms. The minimum absolute atomic E-state index is 0.554. The monoisotopic (exact) mass is 386 g/mol. The number of halogens is 1. The zero-order valence-corrected chi connectivity index (χ0v) is 16.3. The van der Waals surface area contributed by atoms with E-state index >= 15 is 0 Å². The number of aromatic nitrogens is 6. The van der Waals surface area contributed by atoms with E-state index in [0.717, 1.165) is 41.2 Å². The van der Waals surface area contributed by atoms with Crippen molar-refractivity contribution in [2.75, 3.05) is 0 Å². The second kappa shape index (κ2) is 6.03. The van der Waals surface area contributed by atoms with Crippen LogP contribution in [0, 0.1) is 5.92 Å². The highest BCUT2D eigenvalue weighted by Crippen LogP contribution is 2.39. The SMILES string of the molecule is CCC1CCc2c(sc3ncn4nc(-c5nn(CC)cc5Cl)nc4c23)C1. The molecule has 4 heterocycles. The lowest BCUT2D eigenvalue weighted by molar-refractivity contribution is 0.451. The Labute approximate surface area is 159 Å². The number of rotatable bonds is 3. The molecule has 0 N–H and O–H groups in total. The molecule has 0 amide bonds. The van der Waals surface area contributed by atoms with Crippen LogP contribution in [0.3, 0.4) is 0 Å². The molecule has 0 radical (unpaired) electrons. The Morgan fingerprint density at radius 1 is 1.31 bits per heavy atom. The smallest absolute Gasteiger partial charge is 0.204 e. The van der Waals surface area contributed by atoms with Gasteiger partial charge in [0.05, 0.1) is 10.4 Å². The predicted octanol–water partition coefficient (Wildman–Crippen LogP) is 4.39. The van der Waals surface area contributed by atoms with Crippen LogP contribution in [-0.4, -0.2) is 29.4 Å². The van der Waals surface area contributed by atoms with E-state index in [2.05, 4.69) is 22.1 Å². The zero-order chi connectivity index (χ0) is 17.8. The van der Waals surface area contributed by atoms with E-state index < -0.39 is 0 Å². The van der Waals surface area contributed by atoms with Gasteiger partial charge in [0, 0.05) is 17.6 Å². The van der Waals surface area contributed by atoms with Gasteiger partial charge in [-0.3, -0.25) is 4.68 Å². The Kier molecular flexibility index (Phi) is 3.76. The van der Waals surface area contributed by atoms with Crippen LogP contribution in [0.1, 0.15) is 37.1 Å². The van der Waals surface area contributed by atoms with Crippen molar-refractivity contribution in [3.63, 3.8) is 0 Å². The molecule has 134 valence electrons. The van der Waals surface area contributed by atoms with Gasteiger partial charge in [0.15, 0.2) is 11.3 Å². The van der Waals surface area contributed by atoms with Gasteiger partial charge in [-0.25, -0.2) is 14.5 Å². The van der Waals surface area contributed by atoms with Crippen LogP contribution in [-0.2, 0) is 19.4 Å². The lowest BCUT2D eigenvalue weighted by Crippen LogP contribution is -2.11. The maximum absolute atomic E-state index is 6.34. The van der Waals surface area contributed by atoms with Gasteiger partial charge in [-0.05, 0) is 37.7 Å². The molecule has 26 heavy (non-hydrogen) atoms. The van der Waals surface area contributed by atoms with E-state index in [1.807, 2.05) is 24.5 Å². The van der Waals surface area contributed by atoms with Crippen LogP contribution < -0.4 is 0 Å². The lowest BCUT2D eigenvalue weighted by atomic mass is 9.86. The Balaban J connectivity index is 1.70. The van der Waals surface area contributed by atoms with Crippen LogP contribution >= 0.6 is 22.9 Å². The molecule has 0 saturated carbocycles. The largest absolute Gasteiger partial charge is 0.271 e. The van der Waals surface area contributed by atoms with Crippen LogP contribution in [0.2, 0.25) is 5.02 Å². The summed E-state index contributed by atoms with van der Waals surface area (Å²) >= 11 is 8.16. The maximum atomic E-state index is 6.34. The van der Waals surface area contributed by atoms with Crippen LogP contribution in [0.25, 0.3) is 27.4 Å². The first kappa shape index (κ1) is 16.2. The molecule has 0 saturated heterocycles. The molecule has 6 nitrogen and oxygen atoms in total. The van der Waals surface area contributed by atoms with E-state index in [-0.39, 0.29) is 0 Å². The maximum Gasteiger partial charge on any atom is 0.204 e. The van der Waals surface area contributed by atoms with E-state index in [9.17, 15) is 0 Å². The molecule has 0 aromatic carbocycles. The van der Waals surface area contributed by atoms with Crippen molar-refractivity contribution >= 4 is 38.8 Å². The highest BCUT2D eigenvalue weighted by Gasteiger charge is 2.25. The number of hydrogen-bond acceptors (Lipinski definition) is 5. The van der Waals surface area contributed by atoms with Gasteiger partial charge in [-0.2, -0.15) is 5.10 Å². The third kappa shape index (κ3) is 2.37. The van der Waals surface area contributed by atoms with Crippen LogP contribution in [0.4, 0.5) is 0 Å². The average Bonchev–Trinajstić information content (AvgIpc) is 3.33. The van der Waals surface area contributed by atoms with Crippen LogP contribution in [0.5, 0.6) is 0 Å². The van der Waals surface area contributed by atoms with E-state index in [1.165, 1.54) is 23.3 Å². The fourth-order valence-electron chi connectivity index (χ4n) is 3.80. The fourth-order valence-corrected chi connectivity index (χ4v) is 5.33. The van der Waals surface area contributed by atoms with Crippen molar-refractivity contribution in [3.05, 3.63) is 28.0 Å². The molecule has 1 atom stereocenters. The second-order valence-electron chi connectivity index (χ2n) is 6.83. The summed E-state index contributed by atoms with van der Waals surface area (Å²) in [4.78, 5) is 12.0. The molecule has 1 aliphatic rings. The molecule has 5 rings (SSSR count). The first-order valence-corrected chi connectivity index (χ1v) is 10.3. The quantitative estimate of drug-likeness (QED) is 0.523. The fraction of sp³-hybridized carbons (Fsp3) is 0.444. The van der Waals surface area contributed by atoms with Gasteiger partial charge in [-0.15, -0.1) is 16.4 Å². The summed E-state index contributed by atoms with van der Waals surface area (Å²) in [5.41, 5.74) is 2.90. The minimum Gasteiger partial charge on any atom is -0.271 e. The first-order valence-electron chi connectivity index (χ1n) is 9.06. The topological polar surface area (TPSA) is 60.9 Å². The number of thiophene rings is 1. The van der Waals surface area contributed by atoms with Crippen molar-refractivity contribution < 1.29 is 0 Å². The molecule has 4 aromatic rings. The van der Waals surface area contributed by atoms with Gasteiger partial charge in [0.25, 0.3) is 0 Å². The highest BCUT2D eigenvalue weighted by atomic mass is 35.5. The molecule has 1 unspecified atom stereocenters. The van der Waals surface area contributed by atoms with E-state index in [4.69, 9.17) is 16.6 Å². The molecule has 1 aliphatic carbocycles. The standard InChI is InChI=1S/C18H19ClN6S/c1-3-10-5-6-11-13(7-10)26-18-14(11)17-21-16(23-25(17)9-20-18)15-12(19)8-24(4-2)22-15/h8-10H,3-7H2,1-2H3. The molecule has 0 aliphatic heterocycles. The molecule has 4 aromatic heterocycles. The molecular formula is C18H19ClN6S. The molecular weight excluding hydrogens is 368 g/mol. The third-order valence-electron chi connectivity index (χ3n) is 5.32. The lowest BCUT2D eigenvalue weighted by Gasteiger charge is -2.20. The average molecular weight is 387 g/mol.